The molecule has 2 aliphatic carbocycles. The molecule has 20 heavy (non-hydrogen) atoms. The third-order valence-corrected chi connectivity index (χ3v) is 4.72. The van der Waals surface area contributed by atoms with Crippen LogP contribution in [0.3, 0.4) is 0 Å². The summed E-state index contributed by atoms with van der Waals surface area (Å²) < 4.78 is 5.57. The molecule has 2 atom stereocenters. The van der Waals surface area contributed by atoms with Crippen LogP contribution in [-0.4, -0.2) is 49.7 Å². The number of nitrogens with zero attached hydrogens (tertiary/aromatic N) is 1. The maximum Gasteiger partial charge on any atom is 0.229 e. The van der Waals surface area contributed by atoms with Gasteiger partial charge in [-0.1, -0.05) is 6.92 Å². The third-order valence-electron chi connectivity index (χ3n) is 4.72. The van der Waals surface area contributed by atoms with Crippen molar-refractivity contribution < 1.29 is 9.53 Å². The summed E-state index contributed by atoms with van der Waals surface area (Å²) in [6, 6.07) is 0.225. The molecule has 1 saturated heterocycles. The Labute approximate surface area is 122 Å². The summed E-state index contributed by atoms with van der Waals surface area (Å²) in [4.78, 5) is 15.0. The van der Waals surface area contributed by atoms with Crippen LogP contribution in [0.15, 0.2) is 0 Å². The van der Waals surface area contributed by atoms with Crippen molar-refractivity contribution in [2.24, 2.45) is 17.8 Å². The third kappa shape index (κ3) is 3.73. The molecule has 1 heterocycles. The molecule has 3 fully saturated rings. The number of ether oxygens (including phenoxy) is 1. The molecule has 1 aliphatic heterocycles. The van der Waals surface area contributed by atoms with E-state index in [4.69, 9.17) is 4.74 Å². The quantitative estimate of drug-likeness (QED) is 0.735. The van der Waals surface area contributed by atoms with Crippen LogP contribution in [0, 0.1) is 17.8 Å². The van der Waals surface area contributed by atoms with Gasteiger partial charge in [0, 0.05) is 19.1 Å². The highest BCUT2D eigenvalue weighted by Crippen LogP contribution is 2.34. The Kier molecular flexibility index (Phi) is 4.61. The van der Waals surface area contributed by atoms with Gasteiger partial charge < -0.3 is 15.0 Å². The van der Waals surface area contributed by atoms with Gasteiger partial charge in [-0.05, 0) is 50.5 Å². The number of carbonyl (C=O) groups excluding carboxylic acids is 1. The Hall–Kier alpha value is -0.610. The minimum Gasteiger partial charge on any atom is -0.379 e. The normalized spacial score (nSPS) is 29.6. The van der Waals surface area contributed by atoms with E-state index in [1.165, 1.54) is 25.7 Å². The molecule has 2 unspecified atom stereocenters. The summed E-state index contributed by atoms with van der Waals surface area (Å²) in [6.07, 6.45) is 6.35. The smallest absolute Gasteiger partial charge is 0.229 e. The molecular formula is C16H28N2O2. The first-order chi connectivity index (χ1) is 9.78. The average molecular weight is 280 g/mol. The molecule has 114 valence electrons. The summed E-state index contributed by atoms with van der Waals surface area (Å²) in [5, 5.41) is 3.48. The molecule has 1 N–H and O–H groups in total. The topological polar surface area (TPSA) is 41.6 Å². The number of hydrogen-bond donors (Lipinski definition) is 1. The van der Waals surface area contributed by atoms with E-state index in [9.17, 15) is 4.79 Å². The zero-order chi connectivity index (χ0) is 13.9. The van der Waals surface area contributed by atoms with Gasteiger partial charge in [-0.15, -0.1) is 0 Å². The van der Waals surface area contributed by atoms with Crippen LogP contribution >= 0.6 is 0 Å². The predicted octanol–water partition coefficient (Wildman–Crippen LogP) is 1.65. The Bertz CT molecular complexity index is 325. The van der Waals surface area contributed by atoms with Crippen LogP contribution in [0.5, 0.6) is 0 Å². The lowest BCUT2D eigenvalue weighted by atomic mass is 10.0. The highest BCUT2D eigenvalue weighted by molar-refractivity contribution is 5.80. The SMILES string of the molecule is CCCNC1COCC1C(=O)N(CC1CC1)CC1CC1. The fourth-order valence-electron chi connectivity index (χ4n) is 3.04. The van der Waals surface area contributed by atoms with Crippen molar-refractivity contribution in [1.82, 2.24) is 10.2 Å². The van der Waals surface area contributed by atoms with E-state index < -0.39 is 0 Å². The van der Waals surface area contributed by atoms with E-state index >= 15 is 0 Å². The lowest BCUT2D eigenvalue weighted by molar-refractivity contribution is -0.136. The van der Waals surface area contributed by atoms with Crippen LogP contribution in [0.25, 0.3) is 0 Å². The van der Waals surface area contributed by atoms with Gasteiger partial charge in [-0.2, -0.15) is 0 Å². The Balaban J connectivity index is 1.57. The predicted molar refractivity (Wildman–Crippen MR) is 78.4 cm³/mol. The van der Waals surface area contributed by atoms with Gasteiger partial charge in [0.05, 0.1) is 19.1 Å². The summed E-state index contributed by atoms with van der Waals surface area (Å²) in [5.41, 5.74) is 0. The molecule has 3 rings (SSSR count). The van der Waals surface area contributed by atoms with Crippen molar-refractivity contribution >= 4 is 5.91 Å². The number of amides is 1. The number of rotatable bonds is 8. The second kappa shape index (κ2) is 6.44. The van der Waals surface area contributed by atoms with E-state index in [0.717, 1.165) is 37.9 Å². The van der Waals surface area contributed by atoms with Crippen LogP contribution in [0.4, 0.5) is 0 Å². The summed E-state index contributed by atoms with van der Waals surface area (Å²) in [7, 11) is 0. The molecule has 0 spiro atoms. The van der Waals surface area contributed by atoms with Gasteiger partial charge in [0.15, 0.2) is 0 Å². The van der Waals surface area contributed by atoms with Crippen molar-refractivity contribution in [2.75, 3.05) is 32.8 Å². The van der Waals surface area contributed by atoms with Crippen LogP contribution in [0.2, 0.25) is 0 Å². The van der Waals surface area contributed by atoms with Gasteiger partial charge >= 0.3 is 0 Å². The van der Waals surface area contributed by atoms with E-state index in [1.807, 2.05) is 0 Å². The molecule has 2 saturated carbocycles. The van der Waals surface area contributed by atoms with Crippen LogP contribution in [0.1, 0.15) is 39.0 Å². The van der Waals surface area contributed by atoms with Crippen molar-refractivity contribution in [2.45, 2.75) is 45.1 Å². The van der Waals surface area contributed by atoms with Gasteiger partial charge in [0.25, 0.3) is 0 Å². The van der Waals surface area contributed by atoms with E-state index in [2.05, 4.69) is 17.1 Å². The molecule has 0 radical (unpaired) electrons. The fourth-order valence-corrected chi connectivity index (χ4v) is 3.04. The molecule has 0 aromatic rings. The number of hydrogen-bond acceptors (Lipinski definition) is 3. The maximum absolute atomic E-state index is 12.9. The summed E-state index contributed by atoms with van der Waals surface area (Å²) in [5.74, 6) is 1.94. The van der Waals surface area contributed by atoms with Crippen molar-refractivity contribution in [1.29, 1.82) is 0 Å². The second-order valence-electron chi connectivity index (χ2n) is 6.83. The monoisotopic (exact) mass is 280 g/mol. The molecule has 3 aliphatic rings. The molecule has 0 bridgehead atoms. The van der Waals surface area contributed by atoms with E-state index in [0.29, 0.717) is 19.1 Å². The highest BCUT2D eigenvalue weighted by Gasteiger charge is 2.39. The maximum atomic E-state index is 12.9. The first-order valence-electron chi connectivity index (χ1n) is 8.37. The van der Waals surface area contributed by atoms with E-state index in [-0.39, 0.29) is 12.0 Å². The average Bonchev–Trinajstić information content (AvgIpc) is 3.37. The van der Waals surface area contributed by atoms with Crippen molar-refractivity contribution in [3.63, 3.8) is 0 Å². The van der Waals surface area contributed by atoms with Gasteiger partial charge in [0.1, 0.15) is 0 Å². The molecule has 0 aromatic carbocycles. The van der Waals surface area contributed by atoms with Gasteiger partial charge in [0.2, 0.25) is 5.91 Å². The lowest BCUT2D eigenvalue weighted by Gasteiger charge is -2.28. The Morgan fingerprint density at radius 3 is 2.35 bits per heavy atom. The summed E-state index contributed by atoms with van der Waals surface area (Å²) >= 11 is 0. The first kappa shape index (κ1) is 14.3. The summed E-state index contributed by atoms with van der Waals surface area (Å²) in [6.45, 7) is 6.41. The molecule has 1 amide bonds. The molecule has 4 nitrogen and oxygen atoms in total. The first-order valence-corrected chi connectivity index (χ1v) is 8.37. The Morgan fingerprint density at radius 1 is 1.15 bits per heavy atom. The van der Waals surface area contributed by atoms with Crippen LogP contribution in [-0.2, 0) is 9.53 Å². The van der Waals surface area contributed by atoms with Gasteiger partial charge in [-0.3, -0.25) is 4.79 Å². The molecule has 4 heteroatoms. The lowest BCUT2D eigenvalue weighted by Crippen LogP contribution is -2.47. The fraction of sp³-hybridized carbons (Fsp3) is 0.938. The molecular weight excluding hydrogens is 252 g/mol. The Morgan fingerprint density at radius 2 is 1.80 bits per heavy atom. The number of carbonyl (C=O) groups is 1. The minimum absolute atomic E-state index is 0.0408. The van der Waals surface area contributed by atoms with Crippen LogP contribution < -0.4 is 5.32 Å². The van der Waals surface area contributed by atoms with Crippen molar-refractivity contribution in [3.05, 3.63) is 0 Å². The standard InChI is InChI=1S/C16H28N2O2/c1-2-7-17-15-11-20-10-14(15)16(19)18(8-12-3-4-12)9-13-5-6-13/h12-15,17H,2-11H2,1H3. The number of nitrogens with one attached hydrogen (secondary N) is 1. The largest absolute Gasteiger partial charge is 0.379 e. The highest BCUT2D eigenvalue weighted by atomic mass is 16.5. The van der Waals surface area contributed by atoms with Crippen molar-refractivity contribution in [3.8, 4) is 0 Å². The van der Waals surface area contributed by atoms with Gasteiger partial charge in [-0.25, -0.2) is 0 Å². The van der Waals surface area contributed by atoms with E-state index in [1.54, 1.807) is 0 Å². The molecule has 0 aromatic heterocycles. The zero-order valence-electron chi connectivity index (χ0n) is 12.6. The second-order valence-corrected chi connectivity index (χ2v) is 6.83. The zero-order valence-corrected chi connectivity index (χ0v) is 12.6. The minimum atomic E-state index is 0.0408.